The molecule has 0 saturated heterocycles. The van der Waals surface area contributed by atoms with Crippen LogP contribution in [0.15, 0.2) is 0 Å². The summed E-state index contributed by atoms with van der Waals surface area (Å²) in [6.07, 6.45) is 2.01. The monoisotopic (exact) mass is 197 g/mol. The maximum Gasteiger partial charge on any atom is 0.353 e. The second kappa shape index (κ2) is 5.09. The first-order valence-electron chi connectivity index (χ1n) is 3.04. The third-order valence-electron chi connectivity index (χ3n) is 0.971. The lowest BCUT2D eigenvalue weighted by atomic mass is 10.7. The molecule has 0 aliphatic heterocycles. The van der Waals surface area contributed by atoms with Crippen LogP contribution in [0.1, 0.15) is 6.92 Å². The standard InChI is InChI=1S/C4H11BO4PS/c1-4-10(3)5-11(6,7)9-8-2/h4H2,1-3H3. The molecule has 0 aromatic heterocycles. The van der Waals surface area contributed by atoms with E-state index in [4.69, 9.17) is 0 Å². The zero-order valence-electron chi connectivity index (χ0n) is 6.77. The van der Waals surface area contributed by atoms with Gasteiger partial charge in [0.25, 0.3) is 0 Å². The first-order chi connectivity index (χ1) is 5.02. The lowest BCUT2D eigenvalue weighted by Gasteiger charge is -2.05. The van der Waals surface area contributed by atoms with E-state index in [0.29, 0.717) is 0 Å². The van der Waals surface area contributed by atoms with Crippen molar-refractivity contribution in [2.24, 2.45) is 0 Å². The van der Waals surface area contributed by atoms with Crippen LogP contribution in [0.3, 0.4) is 0 Å². The van der Waals surface area contributed by atoms with Crippen molar-refractivity contribution in [1.82, 2.24) is 0 Å². The molecular weight excluding hydrogens is 186 g/mol. The Hall–Kier alpha value is 0.365. The van der Waals surface area contributed by atoms with E-state index in [-0.39, 0.29) is 0 Å². The molecule has 0 heterocycles. The molecule has 7 heteroatoms. The van der Waals surface area contributed by atoms with E-state index in [2.05, 4.69) is 9.22 Å². The van der Waals surface area contributed by atoms with Crippen LogP contribution in [-0.4, -0.2) is 34.6 Å². The fourth-order valence-electron chi connectivity index (χ4n) is 0.407. The van der Waals surface area contributed by atoms with Crippen molar-refractivity contribution >= 4 is 24.0 Å². The molecule has 1 unspecified atom stereocenters. The quantitative estimate of drug-likeness (QED) is 0.279. The van der Waals surface area contributed by atoms with Crippen molar-refractivity contribution in [3.63, 3.8) is 0 Å². The zero-order chi connectivity index (χ0) is 8.91. The topological polar surface area (TPSA) is 52.6 Å². The highest BCUT2D eigenvalue weighted by atomic mass is 32.2. The molecule has 65 valence electrons. The van der Waals surface area contributed by atoms with E-state index in [0.717, 1.165) is 13.3 Å². The predicted molar refractivity (Wildman–Crippen MR) is 46.2 cm³/mol. The average Bonchev–Trinajstić information content (AvgIpc) is 1.86. The Balaban J connectivity index is 3.92. The fourth-order valence-corrected chi connectivity index (χ4v) is 3.10. The maximum absolute atomic E-state index is 10.8. The lowest BCUT2D eigenvalue weighted by molar-refractivity contribution is -0.169. The SMILES string of the molecule is CCP(C)[B]S(=O)(=O)OOC. The van der Waals surface area contributed by atoms with Crippen LogP contribution < -0.4 is 0 Å². The van der Waals surface area contributed by atoms with Crippen LogP contribution in [-0.2, 0) is 19.2 Å². The van der Waals surface area contributed by atoms with Gasteiger partial charge in [-0.25, -0.2) is 13.3 Å². The van der Waals surface area contributed by atoms with Gasteiger partial charge >= 0.3 is 6.28 Å². The van der Waals surface area contributed by atoms with Gasteiger partial charge in [-0.05, 0) is 6.16 Å². The van der Waals surface area contributed by atoms with Crippen molar-refractivity contribution in [1.29, 1.82) is 0 Å². The van der Waals surface area contributed by atoms with Crippen molar-refractivity contribution in [3.05, 3.63) is 0 Å². The molecule has 0 rings (SSSR count). The van der Waals surface area contributed by atoms with Crippen LogP contribution >= 0.6 is 7.80 Å². The van der Waals surface area contributed by atoms with Gasteiger partial charge in [0.05, 0.1) is 7.11 Å². The van der Waals surface area contributed by atoms with E-state index in [1.165, 1.54) is 6.28 Å². The molecule has 0 saturated carbocycles. The molecule has 11 heavy (non-hydrogen) atoms. The summed E-state index contributed by atoms with van der Waals surface area (Å²) in [5.74, 6) is 0. The number of hydrogen-bond acceptors (Lipinski definition) is 4. The molecule has 0 aliphatic carbocycles. The molecule has 0 amide bonds. The maximum atomic E-state index is 10.8. The smallest absolute Gasteiger partial charge is 0.224 e. The minimum atomic E-state index is -3.56. The Bertz CT molecular complexity index is 192. The Morgan fingerprint density at radius 2 is 2.09 bits per heavy atom. The molecule has 1 radical (unpaired) electrons. The Kier molecular flexibility index (Phi) is 5.26. The summed E-state index contributed by atoms with van der Waals surface area (Å²) in [5.41, 5.74) is 0. The van der Waals surface area contributed by atoms with Crippen molar-refractivity contribution < 1.29 is 17.6 Å². The summed E-state index contributed by atoms with van der Waals surface area (Å²) >= 11 is 0. The Morgan fingerprint density at radius 1 is 1.55 bits per heavy atom. The van der Waals surface area contributed by atoms with Crippen molar-refractivity contribution in [3.8, 4) is 0 Å². The summed E-state index contributed by atoms with van der Waals surface area (Å²) in [4.78, 5) is 4.04. The summed E-state index contributed by atoms with van der Waals surface area (Å²) in [5, 5.41) is 0. The summed E-state index contributed by atoms with van der Waals surface area (Å²) < 4.78 is 25.7. The van der Waals surface area contributed by atoms with Crippen LogP contribution in [0.5, 0.6) is 0 Å². The molecule has 0 bridgehead atoms. The van der Waals surface area contributed by atoms with Crippen LogP contribution in [0.2, 0.25) is 0 Å². The lowest BCUT2D eigenvalue weighted by Crippen LogP contribution is -2.12. The van der Waals surface area contributed by atoms with Crippen LogP contribution in [0, 0.1) is 0 Å². The Morgan fingerprint density at radius 3 is 2.45 bits per heavy atom. The number of rotatable bonds is 5. The largest absolute Gasteiger partial charge is 0.353 e. The van der Waals surface area contributed by atoms with E-state index in [1.807, 2.05) is 13.6 Å². The number of hydrogen-bond donors (Lipinski definition) is 0. The first-order valence-corrected chi connectivity index (χ1v) is 6.55. The van der Waals surface area contributed by atoms with E-state index in [1.54, 1.807) is 0 Å². The van der Waals surface area contributed by atoms with Gasteiger partial charge in [0.1, 0.15) is 0 Å². The normalized spacial score (nSPS) is 14.5. The summed E-state index contributed by atoms with van der Waals surface area (Å²) in [6, 6.07) is 0. The fraction of sp³-hybridized carbons (Fsp3) is 1.00. The van der Waals surface area contributed by atoms with E-state index < -0.39 is 17.8 Å². The van der Waals surface area contributed by atoms with Gasteiger partial charge < -0.3 is 0 Å². The van der Waals surface area contributed by atoms with Gasteiger partial charge in [-0.1, -0.05) is 13.6 Å². The van der Waals surface area contributed by atoms with E-state index in [9.17, 15) is 8.42 Å². The highest BCUT2D eigenvalue weighted by molar-refractivity contribution is 8.29. The molecule has 0 aromatic rings. The Labute approximate surface area is 69.2 Å². The van der Waals surface area contributed by atoms with Crippen molar-refractivity contribution in [2.45, 2.75) is 6.92 Å². The second-order valence-corrected chi connectivity index (χ2v) is 6.02. The highest BCUT2D eigenvalue weighted by Crippen LogP contribution is 2.28. The van der Waals surface area contributed by atoms with Gasteiger partial charge in [-0.3, -0.25) is 0 Å². The van der Waals surface area contributed by atoms with Gasteiger partial charge in [-0.2, -0.15) is 0 Å². The molecule has 0 N–H and O–H groups in total. The summed E-state index contributed by atoms with van der Waals surface area (Å²) in [7, 11) is -3.00. The highest BCUT2D eigenvalue weighted by Gasteiger charge is 2.18. The van der Waals surface area contributed by atoms with Gasteiger partial charge in [0.2, 0.25) is 9.97 Å². The molecule has 0 aliphatic rings. The third-order valence-corrected chi connectivity index (χ3v) is 4.77. The first kappa shape index (κ1) is 11.4. The van der Waals surface area contributed by atoms with Gasteiger partial charge in [0.15, 0.2) is 0 Å². The average molecular weight is 197 g/mol. The third kappa shape index (κ3) is 5.62. The molecule has 4 nitrogen and oxygen atoms in total. The van der Waals surface area contributed by atoms with E-state index >= 15 is 0 Å². The molecule has 0 fully saturated rings. The minimum absolute atomic E-state index is 0.596. The predicted octanol–water partition coefficient (Wildman–Crippen LogP) is 0.560. The van der Waals surface area contributed by atoms with Crippen LogP contribution in [0.25, 0.3) is 0 Å². The van der Waals surface area contributed by atoms with Crippen LogP contribution in [0.4, 0.5) is 0 Å². The molecule has 0 spiro atoms. The van der Waals surface area contributed by atoms with Crippen molar-refractivity contribution in [2.75, 3.05) is 19.9 Å². The summed E-state index contributed by atoms with van der Waals surface area (Å²) in [6.45, 7) is 3.77. The van der Waals surface area contributed by atoms with Gasteiger partial charge in [0, 0.05) is 0 Å². The van der Waals surface area contributed by atoms with Gasteiger partial charge in [-0.15, -0.1) is 12.1 Å². The molecule has 1 atom stereocenters. The minimum Gasteiger partial charge on any atom is -0.224 e. The zero-order valence-corrected chi connectivity index (χ0v) is 8.48. The molecule has 0 aromatic carbocycles. The second-order valence-electron chi connectivity index (χ2n) is 1.91. The molecular formula is C4H11BO4PS.